The van der Waals surface area contributed by atoms with Crippen LogP contribution < -0.4 is 4.74 Å². The normalized spacial score (nSPS) is 15.9. The van der Waals surface area contributed by atoms with E-state index < -0.39 is 0 Å². The van der Waals surface area contributed by atoms with Gasteiger partial charge < -0.3 is 14.2 Å². The molecule has 0 N–H and O–H groups in total. The first kappa shape index (κ1) is 18.9. The van der Waals surface area contributed by atoms with Gasteiger partial charge in [0.25, 0.3) is 5.88 Å². The molecule has 148 valence electrons. The fourth-order valence-electron chi connectivity index (χ4n) is 3.75. The molecule has 4 rings (SSSR count). The summed E-state index contributed by atoms with van der Waals surface area (Å²) in [5.41, 5.74) is 1.58. The second-order valence-corrected chi connectivity index (χ2v) is 7.43. The Balaban J connectivity index is 1.18. The molecule has 0 saturated carbocycles. The van der Waals surface area contributed by atoms with Crippen molar-refractivity contribution in [2.24, 2.45) is 5.92 Å². The van der Waals surface area contributed by atoms with Crippen LogP contribution in [-0.4, -0.2) is 36.3 Å². The molecule has 2 aromatic carbocycles. The second-order valence-electron chi connectivity index (χ2n) is 7.43. The van der Waals surface area contributed by atoms with Crippen molar-refractivity contribution in [2.75, 3.05) is 26.2 Å². The first-order valence-electron chi connectivity index (χ1n) is 9.82. The lowest BCUT2D eigenvalue weighted by molar-refractivity contribution is 0.162. The van der Waals surface area contributed by atoms with Crippen molar-refractivity contribution in [2.45, 2.75) is 25.7 Å². The molecule has 1 fully saturated rings. The molecular weight excluding hydrogens is 362 g/mol. The summed E-state index contributed by atoms with van der Waals surface area (Å²) in [7, 11) is 0. The van der Waals surface area contributed by atoms with Gasteiger partial charge in [-0.15, -0.1) is 0 Å². The predicted molar refractivity (Wildman–Crippen MR) is 103 cm³/mol. The fourth-order valence-corrected chi connectivity index (χ4v) is 3.75. The van der Waals surface area contributed by atoms with Crippen LogP contribution in [0.5, 0.6) is 5.88 Å². The Morgan fingerprint density at radius 2 is 1.79 bits per heavy atom. The first-order chi connectivity index (χ1) is 13.7. The second kappa shape index (κ2) is 8.69. The number of hydrogen-bond acceptors (Lipinski definition) is 4. The van der Waals surface area contributed by atoms with E-state index in [0.29, 0.717) is 29.4 Å². The van der Waals surface area contributed by atoms with Gasteiger partial charge in [-0.25, -0.2) is 8.78 Å². The Labute approximate surface area is 163 Å². The summed E-state index contributed by atoms with van der Waals surface area (Å²) < 4.78 is 37.0. The summed E-state index contributed by atoms with van der Waals surface area (Å²) in [5, 5.41) is 4.60. The number of ether oxygens (including phenoxy) is 1. The van der Waals surface area contributed by atoms with Crippen LogP contribution in [0.25, 0.3) is 11.0 Å². The Morgan fingerprint density at radius 3 is 2.57 bits per heavy atom. The van der Waals surface area contributed by atoms with E-state index in [-0.39, 0.29) is 11.6 Å². The molecule has 6 heteroatoms. The first-order valence-corrected chi connectivity index (χ1v) is 9.82. The molecule has 3 aromatic rings. The van der Waals surface area contributed by atoms with Crippen LogP contribution in [0.1, 0.15) is 24.8 Å². The third-order valence-electron chi connectivity index (χ3n) is 5.50. The number of likely N-dealkylation sites (tertiary alicyclic amines) is 1. The molecule has 0 radical (unpaired) electrons. The lowest BCUT2D eigenvalue weighted by Crippen LogP contribution is -2.35. The number of piperidine rings is 1. The molecule has 1 aliphatic heterocycles. The lowest BCUT2D eigenvalue weighted by Gasteiger charge is -2.31. The van der Waals surface area contributed by atoms with E-state index in [1.54, 1.807) is 6.07 Å². The molecule has 4 nitrogen and oxygen atoms in total. The van der Waals surface area contributed by atoms with Crippen LogP contribution in [0.3, 0.4) is 0 Å². The van der Waals surface area contributed by atoms with Crippen LogP contribution in [-0.2, 0) is 6.42 Å². The number of nitrogens with zero attached hydrogens (tertiary/aromatic N) is 2. The predicted octanol–water partition coefficient (Wildman–Crippen LogP) is 4.83. The van der Waals surface area contributed by atoms with E-state index in [1.807, 2.05) is 12.1 Å². The van der Waals surface area contributed by atoms with Gasteiger partial charge in [0.15, 0.2) is 5.58 Å². The average molecular weight is 386 g/mol. The number of halogens is 2. The SMILES string of the molecule is Fc1ccc(CCN2CCC(CCOc3noc4cc(F)ccc34)CC2)cc1. The van der Waals surface area contributed by atoms with Gasteiger partial charge in [-0.1, -0.05) is 12.1 Å². The van der Waals surface area contributed by atoms with Crippen molar-refractivity contribution < 1.29 is 18.0 Å². The number of benzene rings is 2. The summed E-state index contributed by atoms with van der Waals surface area (Å²) >= 11 is 0. The highest BCUT2D eigenvalue weighted by Gasteiger charge is 2.19. The van der Waals surface area contributed by atoms with Gasteiger partial charge >= 0.3 is 0 Å². The largest absolute Gasteiger partial charge is 0.475 e. The number of fused-ring (bicyclic) bond motifs is 1. The molecular formula is C22H24F2N2O2. The molecule has 0 bridgehead atoms. The van der Waals surface area contributed by atoms with E-state index in [4.69, 9.17) is 9.26 Å². The smallest absolute Gasteiger partial charge is 0.262 e. The minimum Gasteiger partial charge on any atom is -0.475 e. The molecule has 2 heterocycles. The third-order valence-corrected chi connectivity index (χ3v) is 5.50. The standard InChI is InChI=1S/C22H24F2N2O2/c23-18-3-1-16(2-4-18)7-11-26-12-8-17(9-13-26)10-14-27-22-20-6-5-19(24)15-21(20)28-25-22/h1-6,15,17H,7-14H2. The molecule has 0 unspecified atom stereocenters. The summed E-state index contributed by atoms with van der Waals surface area (Å²) in [4.78, 5) is 2.47. The zero-order valence-corrected chi connectivity index (χ0v) is 15.7. The van der Waals surface area contributed by atoms with Gasteiger partial charge in [-0.3, -0.25) is 0 Å². The van der Waals surface area contributed by atoms with Crippen molar-refractivity contribution in [1.82, 2.24) is 10.1 Å². The van der Waals surface area contributed by atoms with Crippen LogP contribution in [0.2, 0.25) is 0 Å². The van der Waals surface area contributed by atoms with Crippen LogP contribution >= 0.6 is 0 Å². The third kappa shape index (κ3) is 4.68. The summed E-state index contributed by atoms with van der Waals surface area (Å²) in [6, 6.07) is 11.1. The van der Waals surface area contributed by atoms with Crippen molar-refractivity contribution in [1.29, 1.82) is 0 Å². The van der Waals surface area contributed by atoms with E-state index in [2.05, 4.69) is 10.1 Å². The van der Waals surface area contributed by atoms with Gasteiger partial charge in [-0.2, -0.15) is 0 Å². The topological polar surface area (TPSA) is 38.5 Å². The molecule has 1 aromatic heterocycles. The maximum atomic E-state index is 13.2. The Bertz CT molecular complexity index is 903. The zero-order chi connectivity index (χ0) is 19.3. The average Bonchev–Trinajstić information content (AvgIpc) is 3.10. The highest BCUT2D eigenvalue weighted by molar-refractivity contribution is 5.81. The fraction of sp³-hybridized carbons (Fsp3) is 0.409. The van der Waals surface area contributed by atoms with E-state index in [0.717, 1.165) is 45.3 Å². The summed E-state index contributed by atoms with van der Waals surface area (Å²) in [6.45, 7) is 3.76. The van der Waals surface area contributed by atoms with Crippen molar-refractivity contribution in [3.63, 3.8) is 0 Å². The van der Waals surface area contributed by atoms with Gasteiger partial charge in [0.1, 0.15) is 11.6 Å². The van der Waals surface area contributed by atoms with E-state index >= 15 is 0 Å². The molecule has 1 aliphatic rings. The van der Waals surface area contributed by atoms with Crippen LogP contribution in [0, 0.1) is 17.6 Å². The maximum Gasteiger partial charge on any atom is 0.262 e. The van der Waals surface area contributed by atoms with E-state index in [1.165, 1.54) is 29.8 Å². The minimum absolute atomic E-state index is 0.183. The Hall–Kier alpha value is -2.47. The van der Waals surface area contributed by atoms with Gasteiger partial charge in [0.05, 0.1) is 12.0 Å². The van der Waals surface area contributed by atoms with E-state index in [9.17, 15) is 8.78 Å². The lowest BCUT2D eigenvalue weighted by atomic mass is 9.93. The minimum atomic E-state index is -0.346. The number of aromatic nitrogens is 1. The summed E-state index contributed by atoms with van der Waals surface area (Å²) in [5.74, 6) is 0.545. The number of rotatable bonds is 7. The number of hydrogen-bond donors (Lipinski definition) is 0. The summed E-state index contributed by atoms with van der Waals surface area (Å²) in [6.07, 6.45) is 4.23. The van der Waals surface area contributed by atoms with Crippen LogP contribution in [0.4, 0.5) is 8.78 Å². The Morgan fingerprint density at radius 1 is 1.04 bits per heavy atom. The van der Waals surface area contributed by atoms with Gasteiger partial charge in [-0.05, 0) is 79.7 Å². The zero-order valence-electron chi connectivity index (χ0n) is 15.7. The molecule has 0 aliphatic carbocycles. The molecule has 0 amide bonds. The van der Waals surface area contributed by atoms with Gasteiger partial charge in [0, 0.05) is 12.6 Å². The monoisotopic (exact) mass is 386 g/mol. The quantitative estimate of drug-likeness (QED) is 0.583. The van der Waals surface area contributed by atoms with Crippen molar-refractivity contribution in [3.8, 4) is 5.88 Å². The molecule has 28 heavy (non-hydrogen) atoms. The highest BCUT2D eigenvalue weighted by Crippen LogP contribution is 2.26. The molecule has 0 atom stereocenters. The molecule has 0 spiro atoms. The maximum absolute atomic E-state index is 13.2. The highest BCUT2D eigenvalue weighted by atomic mass is 19.1. The molecule has 1 saturated heterocycles. The Kier molecular flexibility index (Phi) is 5.86. The van der Waals surface area contributed by atoms with Crippen molar-refractivity contribution in [3.05, 3.63) is 59.7 Å². The van der Waals surface area contributed by atoms with Gasteiger partial charge in [0.2, 0.25) is 0 Å². The van der Waals surface area contributed by atoms with Crippen molar-refractivity contribution >= 4 is 11.0 Å². The van der Waals surface area contributed by atoms with Crippen LogP contribution in [0.15, 0.2) is 47.0 Å².